The van der Waals surface area contributed by atoms with Crippen molar-refractivity contribution in [3.63, 3.8) is 0 Å². The number of hydrogen-bond acceptors (Lipinski definition) is 8. The van der Waals surface area contributed by atoms with Crippen molar-refractivity contribution in [1.82, 2.24) is 14.8 Å². The number of amidine groups is 1. The summed E-state index contributed by atoms with van der Waals surface area (Å²) in [7, 11) is 1.77. The summed E-state index contributed by atoms with van der Waals surface area (Å²) >= 11 is 3.06. The van der Waals surface area contributed by atoms with E-state index in [0.717, 1.165) is 17.2 Å². The van der Waals surface area contributed by atoms with E-state index in [-0.39, 0.29) is 12.0 Å². The van der Waals surface area contributed by atoms with E-state index in [1.54, 1.807) is 35.8 Å². The normalized spacial score (nSPS) is 28.3. The van der Waals surface area contributed by atoms with Gasteiger partial charge in [0.2, 0.25) is 0 Å². The second-order valence-corrected chi connectivity index (χ2v) is 8.50. The molecule has 2 aliphatic rings. The van der Waals surface area contributed by atoms with Crippen LogP contribution in [-0.4, -0.2) is 44.3 Å². The number of rotatable bonds is 3. The fourth-order valence-corrected chi connectivity index (χ4v) is 5.30. The van der Waals surface area contributed by atoms with Gasteiger partial charge < -0.3 is 15.8 Å². The number of ether oxygens (including phenoxy) is 1. The van der Waals surface area contributed by atoms with E-state index in [2.05, 4.69) is 22.3 Å². The lowest BCUT2D eigenvalue weighted by Gasteiger charge is -2.44. The van der Waals surface area contributed by atoms with Crippen molar-refractivity contribution < 1.29 is 9.53 Å². The molecule has 1 amide bonds. The Balaban J connectivity index is 1.59. The molecule has 2 aromatic heterocycles. The fraction of sp³-hybridized carbons (Fsp3) is 0.500. The Kier molecular flexibility index (Phi) is 4.49. The molecule has 10 heteroatoms. The minimum absolute atomic E-state index is 0.200. The van der Waals surface area contributed by atoms with Crippen LogP contribution in [0.25, 0.3) is 0 Å². The van der Waals surface area contributed by atoms with Gasteiger partial charge in [-0.3, -0.25) is 9.48 Å². The van der Waals surface area contributed by atoms with Crippen molar-refractivity contribution in [1.29, 1.82) is 0 Å². The molecule has 2 aromatic rings. The summed E-state index contributed by atoms with van der Waals surface area (Å²) in [6.07, 6.45) is 2.84. The number of aromatic nitrogens is 3. The Morgan fingerprint density at radius 3 is 3.15 bits per heavy atom. The van der Waals surface area contributed by atoms with E-state index in [1.807, 2.05) is 5.38 Å². The third-order valence-electron chi connectivity index (χ3n) is 4.68. The first-order valence-corrected chi connectivity index (χ1v) is 10.2. The number of amides is 1. The van der Waals surface area contributed by atoms with Crippen LogP contribution < -0.4 is 11.1 Å². The minimum atomic E-state index is -0.555. The second-order valence-electron chi connectivity index (χ2n) is 6.61. The zero-order chi connectivity index (χ0) is 18.3. The molecule has 0 radical (unpaired) electrons. The first-order valence-electron chi connectivity index (χ1n) is 8.33. The predicted molar refractivity (Wildman–Crippen MR) is 103 cm³/mol. The molecule has 3 N–H and O–H groups in total. The molecular weight excluding hydrogens is 372 g/mol. The van der Waals surface area contributed by atoms with Gasteiger partial charge in [0.15, 0.2) is 10.9 Å². The summed E-state index contributed by atoms with van der Waals surface area (Å²) in [5.41, 5.74) is 5.81. The number of nitrogens with two attached hydrogens (primary N) is 1. The molecule has 138 valence electrons. The summed E-state index contributed by atoms with van der Waals surface area (Å²) in [5, 5.41) is 10.1. The van der Waals surface area contributed by atoms with Gasteiger partial charge in [-0.05, 0) is 19.4 Å². The smallest absolute Gasteiger partial charge is 0.277 e. The first-order chi connectivity index (χ1) is 12.5. The van der Waals surface area contributed by atoms with Crippen LogP contribution >= 0.6 is 23.1 Å². The largest absolute Gasteiger partial charge is 0.379 e. The van der Waals surface area contributed by atoms with Crippen molar-refractivity contribution in [2.75, 3.05) is 17.7 Å². The number of aryl methyl sites for hydroxylation is 1. The molecule has 26 heavy (non-hydrogen) atoms. The number of thioether (sulfide) groups is 1. The zero-order valence-electron chi connectivity index (χ0n) is 14.5. The van der Waals surface area contributed by atoms with E-state index < -0.39 is 5.54 Å². The molecule has 1 fully saturated rings. The third-order valence-corrected chi connectivity index (χ3v) is 6.65. The van der Waals surface area contributed by atoms with Gasteiger partial charge in [0.1, 0.15) is 16.4 Å². The molecule has 0 aliphatic carbocycles. The van der Waals surface area contributed by atoms with E-state index in [1.165, 1.54) is 11.3 Å². The maximum absolute atomic E-state index is 12.3. The Bertz CT molecular complexity index is 863. The highest BCUT2D eigenvalue weighted by molar-refractivity contribution is 8.13. The lowest BCUT2D eigenvalue weighted by molar-refractivity contribution is -0.0466. The number of thiazole rings is 1. The van der Waals surface area contributed by atoms with Gasteiger partial charge in [-0.15, -0.1) is 11.3 Å². The Hall–Kier alpha value is -1.91. The van der Waals surface area contributed by atoms with Crippen molar-refractivity contribution in [3.8, 4) is 0 Å². The molecule has 0 spiro atoms. The van der Waals surface area contributed by atoms with Crippen LogP contribution in [0.15, 0.2) is 22.6 Å². The number of nitrogens with zero attached hydrogens (tertiary/aromatic N) is 4. The Labute approximate surface area is 159 Å². The standard InChI is InChI=1S/C16H20N6O2S2/c1-9-5-10-6-26-15(17)20-16(10,8-24-9)14-19-12(7-25-14)18-13(23)11-3-4-22(2)21-11/h3-4,7,9-10H,5-6,8H2,1-2H3,(H2,17,20)(H,18,23). The third kappa shape index (κ3) is 3.12. The zero-order valence-corrected chi connectivity index (χ0v) is 16.1. The van der Waals surface area contributed by atoms with Crippen molar-refractivity contribution in [2.24, 2.45) is 23.7 Å². The summed E-state index contributed by atoms with van der Waals surface area (Å²) in [6, 6.07) is 1.66. The van der Waals surface area contributed by atoms with E-state index in [4.69, 9.17) is 15.5 Å². The SMILES string of the molecule is CC1CC2CSC(N)=NC2(c2nc(NC(=O)c3ccn(C)n3)cs2)CO1. The van der Waals surface area contributed by atoms with Gasteiger partial charge in [0.05, 0.1) is 12.7 Å². The van der Waals surface area contributed by atoms with Gasteiger partial charge in [0.25, 0.3) is 5.91 Å². The number of anilines is 1. The van der Waals surface area contributed by atoms with Crippen molar-refractivity contribution in [2.45, 2.75) is 25.0 Å². The van der Waals surface area contributed by atoms with Gasteiger partial charge in [-0.1, -0.05) is 11.8 Å². The summed E-state index contributed by atoms with van der Waals surface area (Å²) in [6.45, 7) is 2.54. The van der Waals surface area contributed by atoms with Crippen molar-refractivity contribution in [3.05, 3.63) is 28.3 Å². The van der Waals surface area contributed by atoms with E-state index >= 15 is 0 Å². The lowest BCUT2D eigenvalue weighted by Crippen LogP contribution is -2.49. The number of aliphatic imine (C=N–C) groups is 1. The molecular formula is C16H20N6O2S2. The Morgan fingerprint density at radius 2 is 2.38 bits per heavy atom. The van der Waals surface area contributed by atoms with Crippen LogP contribution in [0.3, 0.4) is 0 Å². The molecule has 8 nitrogen and oxygen atoms in total. The van der Waals surface area contributed by atoms with Gasteiger partial charge >= 0.3 is 0 Å². The first kappa shape index (κ1) is 17.5. The van der Waals surface area contributed by atoms with Crippen LogP contribution in [-0.2, 0) is 17.3 Å². The summed E-state index contributed by atoms with van der Waals surface area (Å²) in [4.78, 5) is 21.7. The minimum Gasteiger partial charge on any atom is -0.379 e. The molecule has 2 aliphatic heterocycles. The van der Waals surface area contributed by atoms with Crippen LogP contribution in [0.4, 0.5) is 5.82 Å². The fourth-order valence-electron chi connectivity index (χ4n) is 3.33. The molecule has 0 saturated carbocycles. The average Bonchev–Trinajstić information content (AvgIpc) is 3.24. The number of fused-ring (bicyclic) bond motifs is 1. The molecule has 0 aromatic carbocycles. The maximum atomic E-state index is 12.3. The van der Waals surface area contributed by atoms with E-state index in [9.17, 15) is 4.79 Å². The van der Waals surface area contributed by atoms with Crippen LogP contribution in [0.5, 0.6) is 0 Å². The number of nitrogens with one attached hydrogen (secondary N) is 1. The summed E-state index contributed by atoms with van der Waals surface area (Å²) < 4.78 is 7.50. The van der Waals surface area contributed by atoms with Crippen LogP contribution in [0, 0.1) is 5.92 Å². The molecule has 3 unspecified atom stereocenters. The highest BCUT2D eigenvalue weighted by Crippen LogP contribution is 2.46. The number of carbonyl (C=O) groups is 1. The molecule has 3 atom stereocenters. The molecule has 0 bridgehead atoms. The second kappa shape index (κ2) is 6.67. The van der Waals surface area contributed by atoms with Gasteiger partial charge in [0, 0.05) is 30.3 Å². The average molecular weight is 393 g/mol. The molecule has 4 heterocycles. The number of hydrogen-bond donors (Lipinski definition) is 2. The lowest BCUT2D eigenvalue weighted by atomic mass is 9.80. The topological polar surface area (TPSA) is 107 Å². The highest BCUT2D eigenvalue weighted by Gasteiger charge is 2.49. The van der Waals surface area contributed by atoms with Gasteiger partial charge in [-0.2, -0.15) is 5.10 Å². The van der Waals surface area contributed by atoms with E-state index in [0.29, 0.717) is 29.2 Å². The molecule has 1 saturated heterocycles. The maximum Gasteiger partial charge on any atom is 0.277 e. The number of carbonyl (C=O) groups excluding carboxylic acids is 1. The van der Waals surface area contributed by atoms with Gasteiger partial charge in [-0.25, -0.2) is 9.98 Å². The quantitative estimate of drug-likeness (QED) is 0.825. The van der Waals surface area contributed by atoms with Crippen LogP contribution in [0.2, 0.25) is 0 Å². The predicted octanol–water partition coefficient (Wildman–Crippen LogP) is 1.81. The van der Waals surface area contributed by atoms with Crippen molar-refractivity contribution >= 4 is 40.0 Å². The van der Waals surface area contributed by atoms with Crippen LogP contribution in [0.1, 0.15) is 28.8 Å². The monoisotopic (exact) mass is 392 g/mol. The highest BCUT2D eigenvalue weighted by atomic mass is 32.2. The summed E-state index contributed by atoms with van der Waals surface area (Å²) in [5.74, 6) is 1.43. The molecule has 4 rings (SSSR count). The Morgan fingerprint density at radius 1 is 1.54 bits per heavy atom.